The third-order valence-corrected chi connectivity index (χ3v) is 10.5. The van der Waals surface area contributed by atoms with Gasteiger partial charge in [-0.1, -0.05) is 96.7 Å². The van der Waals surface area contributed by atoms with Crippen LogP contribution < -0.4 is 14.4 Å². The molecule has 4 aromatic rings. The van der Waals surface area contributed by atoms with E-state index >= 15 is 0 Å². The van der Waals surface area contributed by atoms with Crippen LogP contribution in [0.1, 0.15) is 36.8 Å². The lowest BCUT2D eigenvalue weighted by molar-refractivity contribution is -0.140. The predicted octanol–water partition coefficient (Wildman–Crippen LogP) is 6.90. The molecule has 0 aromatic heterocycles. The number of hydrogen-bond acceptors (Lipinski definition) is 5. The Hall–Kier alpha value is -4.05. The fraction of sp³-hybridized carbons (Fsp3) is 0.278. The number of halogens is 2. The molecule has 2 amide bonds. The average Bonchev–Trinajstić information content (AvgIpc) is 3.59. The standard InChI is InChI=1S/C36H37Cl2N3O5S/c1-46-34-20-19-29(38)23-32(34)41(47(44,45)31-17-6-3-7-18-31)25-35(42)40(24-27-13-10-14-28(37)21-27)33(22-26-11-4-2-5-12-26)36(43)39-30-15-8-9-16-30/h2-7,10-14,17-21,23,30,33H,8-9,15-16,22,24-25H2,1H3,(H,39,43)/t33-/m0/s1. The number of carbonyl (C=O) groups is 2. The molecule has 0 saturated heterocycles. The lowest BCUT2D eigenvalue weighted by Crippen LogP contribution is -2.54. The SMILES string of the molecule is COc1ccc(Cl)cc1N(CC(=O)N(Cc1cccc(Cl)c1)[C@@H](Cc1ccccc1)C(=O)NC1CCCC1)S(=O)(=O)c1ccccc1. The second-order valence-electron chi connectivity index (χ2n) is 11.5. The van der Waals surface area contributed by atoms with Crippen LogP contribution in [0.25, 0.3) is 0 Å². The normalized spacial score (nSPS) is 13.9. The lowest BCUT2D eigenvalue weighted by Gasteiger charge is -2.34. The quantitative estimate of drug-likeness (QED) is 0.164. The summed E-state index contributed by atoms with van der Waals surface area (Å²) in [7, 11) is -2.90. The number of ether oxygens (including phenoxy) is 1. The van der Waals surface area contributed by atoms with E-state index in [0.29, 0.717) is 10.6 Å². The monoisotopic (exact) mass is 693 g/mol. The molecule has 1 aliphatic rings. The van der Waals surface area contributed by atoms with Crippen LogP contribution in [0.5, 0.6) is 5.75 Å². The summed E-state index contributed by atoms with van der Waals surface area (Å²) in [4.78, 5) is 30.2. The Labute approximate surface area is 286 Å². The summed E-state index contributed by atoms with van der Waals surface area (Å²) in [5, 5.41) is 3.90. The molecule has 0 aliphatic heterocycles. The Balaban J connectivity index is 1.60. The van der Waals surface area contributed by atoms with E-state index in [4.69, 9.17) is 27.9 Å². The van der Waals surface area contributed by atoms with Crippen LogP contribution in [0, 0.1) is 0 Å². The predicted molar refractivity (Wildman–Crippen MR) is 185 cm³/mol. The number of carbonyl (C=O) groups excluding carboxylic acids is 2. The summed E-state index contributed by atoms with van der Waals surface area (Å²) in [6.07, 6.45) is 3.99. The average molecular weight is 695 g/mol. The summed E-state index contributed by atoms with van der Waals surface area (Å²) < 4.78 is 35.0. The maximum Gasteiger partial charge on any atom is 0.264 e. The highest BCUT2D eigenvalue weighted by molar-refractivity contribution is 7.92. The second kappa shape index (κ2) is 15.7. The van der Waals surface area contributed by atoms with Gasteiger partial charge in [-0.05, 0) is 66.4 Å². The fourth-order valence-corrected chi connectivity index (χ4v) is 7.66. The summed E-state index contributed by atoms with van der Waals surface area (Å²) in [5.74, 6) is -0.675. The zero-order valence-corrected chi connectivity index (χ0v) is 28.3. The maximum atomic E-state index is 14.7. The van der Waals surface area contributed by atoms with Crippen molar-refractivity contribution in [3.8, 4) is 5.75 Å². The van der Waals surface area contributed by atoms with Crippen molar-refractivity contribution in [1.82, 2.24) is 10.2 Å². The fourth-order valence-electron chi connectivity index (χ4n) is 5.84. The van der Waals surface area contributed by atoms with Gasteiger partial charge in [0, 0.05) is 29.1 Å². The van der Waals surface area contributed by atoms with Gasteiger partial charge in [0.1, 0.15) is 18.3 Å². The largest absolute Gasteiger partial charge is 0.495 e. The minimum atomic E-state index is -4.31. The molecular formula is C36H37Cl2N3O5S. The van der Waals surface area contributed by atoms with Gasteiger partial charge >= 0.3 is 0 Å². The van der Waals surface area contributed by atoms with Gasteiger partial charge in [-0.3, -0.25) is 13.9 Å². The first-order valence-electron chi connectivity index (χ1n) is 15.5. The van der Waals surface area contributed by atoms with Crippen LogP contribution in [0.4, 0.5) is 5.69 Å². The number of nitrogens with zero attached hydrogens (tertiary/aromatic N) is 2. The Morgan fingerprint density at radius 1 is 0.851 bits per heavy atom. The Bertz CT molecular complexity index is 1790. The Morgan fingerprint density at radius 3 is 2.15 bits per heavy atom. The van der Waals surface area contributed by atoms with Crippen LogP contribution in [0.3, 0.4) is 0 Å². The maximum absolute atomic E-state index is 14.7. The van der Waals surface area contributed by atoms with Gasteiger partial charge in [0.05, 0.1) is 17.7 Å². The minimum Gasteiger partial charge on any atom is -0.495 e. The van der Waals surface area contributed by atoms with Crippen molar-refractivity contribution in [2.24, 2.45) is 0 Å². The van der Waals surface area contributed by atoms with Crippen LogP contribution in [0.15, 0.2) is 108 Å². The number of nitrogens with one attached hydrogen (secondary N) is 1. The molecule has 0 spiro atoms. The van der Waals surface area contributed by atoms with Crippen molar-refractivity contribution in [3.63, 3.8) is 0 Å². The smallest absolute Gasteiger partial charge is 0.264 e. The Kier molecular flexibility index (Phi) is 11.4. The molecule has 4 aromatic carbocycles. The van der Waals surface area contributed by atoms with E-state index in [1.54, 1.807) is 48.5 Å². The minimum absolute atomic E-state index is 0.00886. The molecule has 0 unspecified atom stereocenters. The van der Waals surface area contributed by atoms with Crippen molar-refractivity contribution in [3.05, 3.63) is 124 Å². The Morgan fingerprint density at radius 2 is 1.49 bits per heavy atom. The number of sulfonamides is 1. The van der Waals surface area contributed by atoms with E-state index in [-0.39, 0.29) is 46.3 Å². The summed E-state index contributed by atoms with van der Waals surface area (Å²) in [5.41, 5.74) is 1.64. The first-order valence-corrected chi connectivity index (χ1v) is 17.6. The van der Waals surface area contributed by atoms with Crippen LogP contribution >= 0.6 is 23.2 Å². The van der Waals surface area contributed by atoms with E-state index in [0.717, 1.165) is 35.6 Å². The van der Waals surface area contributed by atoms with Gasteiger partial charge < -0.3 is 15.0 Å². The van der Waals surface area contributed by atoms with E-state index < -0.39 is 28.5 Å². The summed E-state index contributed by atoms with van der Waals surface area (Å²) >= 11 is 12.7. The van der Waals surface area contributed by atoms with Crippen LogP contribution in [-0.4, -0.2) is 50.9 Å². The zero-order chi connectivity index (χ0) is 33.4. The molecule has 0 bridgehead atoms. The third kappa shape index (κ3) is 8.66. The van der Waals surface area contributed by atoms with E-state index in [9.17, 15) is 18.0 Å². The molecule has 11 heteroatoms. The molecular weight excluding hydrogens is 657 g/mol. The third-order valence-electron chi connectivity index (χ3n) is 8.23. The first-order chi connectivity index (χ1) is 22.7. The summed E-state index contributed by atoms with van der Waals surface area (Å²) in [6, 6.07) is 28.0. The highest BCUT2D eigenvalue weighted by Gasteiger charge is 2.36. The number of hydrogen-bond donors (Lipinski definition) is 1. The molecule has 1 fully saturated rings. The van der Waals surface area contributed by atoms with Crippen LogP contribution in [0.2, 0.25) is 10.0 Å². The number of anilines is 1. The van der Waals surface area contributed by atoms with E-state index in [1.807, 2.05) is 36.4 Å². The number of rotatable bonds is 13. The highest BCUT2D eigenvalue weighted by Crippen LogP contribution is 2.35. The van der Waals surface area contributed by atoms with E-state index in [1.165, 1.54) is 30.2 Å². The van der Waals surface area contributed by atoms with Gasteiger partial charge in [0.15, 0.2) is 0 Å². The molecule has 1 saturated carbocycles. The van der Waals surface area contributed by atoms with Gasteiger partial charge in [0.25, 0.3) is 10.0 Å². The van der Waals surface area contributed by atoms with Gasteiger partial charge in [-0.15, -0.1) is 0 Å². The van der Waals surface area contributed by atoms with Gasteiger partial charge in [-0.25, -0.2) is 8.42 Å². The van der Waals surface area contributed by atoms with Crippen molar-refractivity contribution in [1.29, 1.82) is 0 Å². The molecule has 47 heavy (non-hydrogen) atoms. The molecule has 0 heterocycles. The number of methoxy groups -OCH3 is 1. The molecule has 1 aliphatic carbocycles. The summed E-state index contributed by atoms with van der Waals surface area (Å²) in [6.45, 7) is -0.614. The zero-order valence-electron chi connectivity index (χ0n) is 26.0. The second-order valence-corrected chi connectivity index (χ2v) is 14.2. The van der Waals surface area contributed by atoms with E-state index in [2.05, 4.69) is 5.32 Å². The molecule has 5 rings (SSSR count). The van der Waals surface area contributed by atoms with Gasteiger partial charge in [-0.2, -0.15) is 0 Å². The number of benzene rings is 4. The van der Waals surface area contributed by atoms with Crippen LogP contribution in [-0.2, 0) is 32.6 Å². The molecule has 0 radical (unpaired) electrons. The lowest BCUT2D eigenvalue weighted by atomic mass is 10.0. The van der Waals surface area contributed by atoms with Crippen molar-refractivity contribution >= 4 is 50.7 Å². The van der Waals surface area contributed by atoms with Crippen molar-refractivity contribution in [2.75, 3.05) is 18.0 Å². The van der Waals surface area contributed by atoms with Gasteiger partial charge in [0.2, 0.25) is 11.8 Å². The molecule has 246 valence electrons. The molecule has 1 atom stereocenters. The first kappa shape index (κ1) is 34.3. The molecule has 1 N–H and O–H groups in total. The molecule has 8 nitrogen and oxygen atoms in total. The van der Waals surface area contributed by atoms with Crippen molar-refractivity contribution in [2.45, 2.75) is 55.6 Å². The topological polar surface area (TPSA) is 96.0 Å². The number of amides is 2. The highest BCUT2D eigenvalue weighted by atomic mass is 35.5. The van der Waals surface area contributed by atoms with Crippen molar-refractivity contribution < 1.29 is 22.7 Å².